The maximum absolute atomic E-state index is 12.5. The molecule has 0 saturated heterocycles. The van der Waals surface area contributed by atoms with Crippen molar-refractivity contribution in [3.63, 3.8) is 0 Å². The highest BCUT2D eigenvalue weighted by molar-refractivity contribution is 7.80. The molecule has 1 aliphatic rings. The molecule has 0 aromatic heterocycles. The number of nitrogens with one attached hydrogen (secondary N) is 2. The van der Waals surface area contributed by atoms with E-state index < -0.39 is 18.0 Å². The van der Waals surface area contributed by atoms with Gasteiger partial charge in [0.1, 0.15) is 11.5 Å². The van der Waals surface area contributed by atoms with Crippen molar-refractivity contribution >= 4 is 40.3 Å². The van der Waals surface area contributed by atoms with E-state index in [9.17, 15) is 18.0 Å². The van der Waals surface area contributed by atoms with Crippen LogP contribution in [0.3, 0.4) is 0 Å². The van der Waals surface area contributed by atoms with Crippen LogP contribution in [0.15, 0.2) is 47.6 Å². The minimum absolute atomic E-state index is 0.0809. The number of benzene rings is 2. The third kappa shape index (κ3) is 4.74. The number of likely N-dealkylation sites (N-methyl/N-ethyl adjacent to an activating group) is 1. The number of carbonyl (C=O) groups excluding carboxylic acids is 1. The summed E-state index contributed by atoms with van der Waals surface area (Å²) in [6.45, 7) is 0. The van der Waals surface area contributed by atoms with Crippen LogP contribution >= 0.6 is 12.2 Å². The molecule has 1 amide bonds. The minimum atomic E-state index is -4.85. The second-order valence-electron chi connectivity index (χ2n) is 5.85. The van der Waals surface area contributed by atoms with E-state index >= 15 is 0 Å². The zero-order chi connectivity index (χ0) is 21.2. The van der Waals surface area contributed by atoms with E-state index in [-0.39, 0.29) is 16.4 Å². The lowest BCUT2D eigenvalue weighted by molar-refractivity contribution is -0.274. The number of nitrogens with zero attached hydrogens (tertiary/aromatic N) is 2. The van der Waals surface area contributed by atoms with Crippen LogP contribution in [-0.4, -0.2) is 37.3 Å². The van der Waals surface area contributed by atoms with E-state index in [1.54, 1.807) is 24.3 Å². The predicted octanol–water partition coefficient (Wildman–Crippen LogP) is 3.26. The van der Waals surface area contributed by atoms with Crippen LogP contribution in [0.25, 0.3) is 0 Å². The molecule has 152 valence electrons. The lowest BCUT2D eigenvalue weighted by Gasteiger charge is -2.11. The van der Waals surface area contributed by atoms with Crippen LogP contribution in [-0.2, 0) is 4.79 Å². The number of anilines is 2. The van der Waals surface area contributed by atoms with Crippen LogP contribution < -0.4 is 25.1 Å². The molecule has 0 fully saturated rings. The smallest absolute Gasteiger partial charge is 0.497 e. The zero-order valence-electron chi connectivity index (χ0n) is 15.2. The Kier molecular flexibility index (Phi) is 5.59. The van der Waals surface area contributed by atoms with E-state index in [1.165, 1.54) is 25.1 Å². The van der Waals surface area contributed by atoms with E-state index in [0.29, 0.717) is 17.1 Å². The molecule has 2 N–H and O–H groups in total. The number of fused-ring (bicyclic) bond motifs is 1. The van der Waals surface area contributed by atoms with Crippen molar-refractivity contribution in [3.8, 4) is 11.5 Å². The third-order valence-corrected chi connectivity index (χ3v) is 4.12. The van der Waals surface area contributed by atoms with Crippen molar-refractivity contribution in [2.45, 2.75) is 6.36 Å². The highest BCUT2D eigenvalue weighted by atomic mass is 32.1. The molecule has 0 aliphatic carbocycles. The van der Waals surface area contributed by atoms with Gasteiger partial charge in [0, 0.05) is 24.4 Å². The summed E-state index contributed by atoms with van der Waals surface area (Å²) in [5.74, 6) is -0.340. The van der Waals surface area contributed by atoms with E-state index in [1.807, 2.05) is 0 Å². The molecular formula is C18H15F3N4O3S. The summed E-state index contributed by atoms with van der Waals surface area (Å²) in [6, 6.07) is 10.5. The largest absolute Gasteiger partial charge is 0.573 e. The lowest BCUT2D eigenvalue weighted by Crippen LogP contribution is -2.30. The lowest BCUT2D eigenvalue weighted by atomic mass is 10.1. The van der Waals surface area contributed by atoms with E-state index in [0.717, 1.165) is 12.1 Å². The summed E-state index contributed by atoms with van der Waals surface area (Å²) in [6.07, 6.45) is -4.85. The Bertz CT molecular complexity index is 995. The first-order valence-electron chi connectivity index (χ1n) is 8.15. The number of amides is 1. The molecule has 1 heterocycles. The molecule has 29 heavy (non-hydrogen) atoms. The summed E-state index contributed by atoms with van der Waals surface area (Å²) in [7, 11) is 3.01. The topological polar surface area (TPSA) is 75.2 Å². The first kappa shape index (κ1) is 20.4. The Labute approximate surface area is 169 Å². The maximum Gasteiger partial charge on any atom is 0.573 e. The molecule has 7 nitrogen and oxygen atoms in total. The van der Waals surface area contributed by atoms with Gasteiger partial charge in [-0.25, -0.2) is 0 Å². The van der Waals surface area contributed by atoms with Gasteiger partial charge in [0.2, 0.25) is 0 Å². The second-order valence-corrected chi connectivity index (χ2v) is 6.26. The van der Waals surface area contributed by atoms with Crippen molar-refractivity contribution in [2.75, 3.05) is 24.4 Å². The first-order valence-corrected chi connectivity index (χ1v) is 8.56. The Hall–Kier alpha value is -3.34. The average molecular weight is 424 g/mol. The van der Waals surface area contributed by atoms with Crippen molar-refractivity contribution in [1.29, 1.82) is 0 Å². The second kappa shape index (κ2) is 7.95. The highest BCUT2D eigenvalue weighted by Gasteiger charge is 2.35. The van der Waals surface area contributed by atoms with Gasteiger partial charge >= 0.3 is 6.36 Å². The molecule has 0 unspecified atom stereocenters. The van der Waals surface area contributed by atoms with Gasteiger partial charge in [-0.3, -0.25) is 10.2 Å². The quantitative estimate of drug-likeness (QED) is 0.580. The summed E-state index contributed by atoms with van der Waals surface area (Å²) in [4.78, 5) is 13.7. The summed E-state index contributed by atoms with van der Waals surface area (Å²) in [5, 5.41) is 6.92. The van der Waals surface area contributed by atoms with Crippen LogP contribution in [0.2, 0.25) is 0 Å². The fourth-order valence-electron chi connectivity index (χ4n) is 2.65. The highest BCUT2D eigenvalue weighted by Crippen LogP contribution is 2.33. The van der Waals surface area contributed by atoms with Crippen molar-refractivity contribution in [2.24, 2.45) is 5.10 Å². The Balaban J connectivity index is 1.79. The zero-order valence-corrected chi connectivity index (χ0v) is 16.0. The molecule has 3 rings (SSSR count). The molecule has 0 atom stereocenters. The van der Waals surface area contributed by atoms with Crippen LogP contribution in [0, 0.1) is 0 Å². The number of thiocarbonyl (C=S) groups is 1. The van der Waals surface area contributed by atoms with Gasteiger partial charge in [0.15, 0.2) is 10.8 Å². The fourth-order valence-corrected chi connectivity index (χ4v) is 2.82. The van der Waals surface area contributed by atoms with E-state index in [4.69, 9.17) is 17.0 Å². The number of rotatable bonds is 4. The average Bonchev–Trinajstić information content (AvgIpc) is 2.89. The molecule has 2 aromatic carbocycles. The number of carbonyl (C=O) groups is 1. The van der Waals surface area contributed by atoms with Gasteiger partial charge in [0.05, 0.1) is 12.8 Å². The first-order chi connectivity index (χ1) is 13.7. The molecule has 0 radical (unpaired) electrons. The van der Waals surface area contributed by atoms with Crippen LogP contribution in [0.1, 0.15) is 5.56 Å². The van der Waals surface area contributed by atoms with Gasteiger partial charge in [-0.05, 0) is 42.5 Å². The molecule has 0 spiro atoms. The molecule has 0 bridgehead atoms. The Morgan fingerprint density at radius 2 is 1.93 bits per heavy atom. The number of ether oxygens (including phenoxy) is 2. The molecule has 11 heteroatoms. The number of halogens is 3. The molecule has 2 aromatic rings. The number of hydrazone groups is 1. The van der Waals surface area contributed by atoms with Gasteiger partial charge in [-0.2, -0.15) is 5.10 Å². The van der Waals surface area contributed by atoms with Crippen LogP contribution in [0.4, 0.5) is 24.5 Å². The van der Waals surface area contributed by atoms with Gasteiger partial charge in [-0.15, -0.1) is 13.2 Å². The Morgan fingerprint density at radius 3 is 2.62 bits per heavy atom. The van der Waals surface area contributed by atoms with Gasteiger partial charge in [0.25, 0.3) is 5.91 Å². The third-order valence-electron chi connectivity index (χ3n) is 3.92. The number of hydrogen-bond donors (Lipinski definition) is 2. The summed E-state index contributed by atoms with van der Waals surface area (Å²) < 4.78 is 46.5. The summed E-state index contributed by atoms with van der Waals surface area (Å²) in [5.41, 5.74) is 3.65. The monoisotopic (exact) mass is 424 g/mol. The molecular weight excluding hydrogens is 409 g/mol. The Morgan fingerprint density at radius 1 is 1.17 bits per heavy atom. The van der Waals surface area contributed by atoms with Gasteiger partial charge < -0.3 is 19.7 Å². The maximum atomic E-state index is 12.5. The van der Waals surface area contributed by atoms with Gasteiger partial charge in [-0.1, -0.05) is 6.07 Å². The van der Waals surface area contributed by atoms with Crippen LogP contribution in [0.5, 0.6) is 11.5 Å². The van der Waals surface area contributed by atoms with Crippen molar-refractivity contribution < 1.29 is 27.4 Å². The predicted molar refractivity (Wildman–Crippen MR) is 105 cm³/mol. The fraction of sp³-hybridized carbons (Fsp3) is 0.167. The summed E-state index contributed by atoms with van der Waals surface area (Å²) >= 11 is 5.15. The molecule has 1 aliphatic heterocycles. The van der Waals surface area contributed by atoms with Crippen molar-refractivity contribution in [3.05, 3.63) is 48.0 Å². The van der Waals surface area contributed by atoms with Crippen molar-refractivity contribution in [1.82, 2.24) is 5.43 Å². The number of hydrogen-bond acceptors (Lipinski definition) is 5. The van der Waals surface area contributed by atoms with E-state index in [2.05, 4.69) is 20.6 Å². The molecule has 0 saturated carbocycles. The number of methoxy groups -OCH3 is 1. The SMILES string of the molecule is COc1cccc(NC(=S)N/N=C2\C(=O)N(C)c3ccc(OC(F)(F)F)cc32)c1. The normalized spacial score (nSPS) is 14.6. The minimum Gasteiger partial charge on any atom is -0.497 e. The standard InChI is InChI=1S/C18H15F3N4O3S/c1-25-14-7-6-12(28-18(19,20)21)9-13(14)15(16(25)26)23-24-17(29)22-10-4-3-5-11(8-10)27-2/h3-9H,1-2H3,(H2,22,24,29)/b23-15-. The number of alkyl halides is 3.